The Kier molecular flexibility index (Phi) is 6.38. The van der Waals surface area contributed by atoms with Crippen LogP contribution in [0.2, 0.25) is 0 Å². The predicted octanol–water partition coefficient (Wildman–Crippen LogP) is 1.15. The molecule has 0 fully saturated rings. The minimum Gasteiger partial charge on any atom is -0.343 e. The van der Waals surface area contributed by atoms with Gasteiger partial charge < -0.3 is 10.6 Å². The fraction of sp³-hybridized carbons (Fsp3) is 0.500. The Morgan fingerprint density at radius 1 is 1.32 bits per heavy atom. The number of guanidine groups is 1. The number of sulfonamides is 1. The maximum atomic E-state index is 12.4. The smallest absolute Gasteiger partial charge is 0.264 e. The van der Waals surface area contributed by atoms with Crippen molar-refractivity contribution >= 4 is 27.6 Å². The summed E-state index contributed by atoms with van der Waals surface area (Å²) < 4.78 is 27.2. The Balaban J connectivity index is 1.96. The quantitative estimate of drug-likeness (QED) is 0.700. The van der Waals surface area contributed by atoms with Crippen LogP contribution in [0.25, 0.3) is 0 Å². The molecule has 0 unspecified atom stereocenters. The molecule has 1 amide bonds. The van der Waals surface area contributed by atoms with Gasteiger partial charge in [-0.05, 0) is 36.6 Å². The van der Waals surface area contributed by atoms with Crippen molar-refractivity contribution in [3.05, 3.63) is 24.3 Å². The molecule has 0 bridgehead atoms. The third kappa shape index (κ3) is 6.02. The number of hydrogen-bond donors (Lipinski definition) is 3. The van der Waals surface area contributed by atoms with Crippen LogP contribution in [0.5, 0.6) is 0 Å². The van der Waals surface area contributed by atoms with Gasteiger partial charge >= 0.3 is 0 Å². The Morgan fingerprint density at radius 2 is 2.00 bits per heavy atom. The number of carbonyl (C=O) groups excluding carboxylic acids is 1. The maximum Gasteiger partial charge on any atom is 0.264 e. The van der Waals surface area contributed by atoms with Crippen LogP contribution < -0.4 is 15.4 Å². The first-order valence-electron chi connectivity index (χ1n) is 8.17. The molecule has 8 nitrogen and oxygen atoms in total. The van der Waals surface area contributed by atoms with Gasteiger partial charge in [-0.3, -0.25) is 9.69 Å². The van der Waals surface area contributed by atoms with Crippen molar-refractivity contribution in [1.29, 1.82) is 0 Å². The topological polar surface area (TPSA) is 103 Å². The van der Waals surface area contributed by atoms with Crippen LogP contribution in [0.15, 0.2) is 34.2 Å². The molecule has 0 radical (unpaired) electrons. The van der Waals surface area contributed by atoms with E-state index in [2.05, 4.69) is 39.1 Å². The van der Waals surface area contributed by atoms with Gasteiger partial charge in [0.1, 0.15) is 0 Å². The minimum absolute atomic E-state index is 0.105. The summed E-state index contributed by atoms with van der Waals surface area (Å²) in [6.45, 7) is 7.64. The Labute approximate surface area is 148 Å². The van der Waals surface area contributed by atoms with Gasteiger partial charge in [0, 0.05) is 19.2 Å². The average molecular weight is 367 g/mol. The minimum atomic E-state index is -3.72. The SMILES string of the molecule is CC(=O)Nc1ccc(S(=O)(=O)NC2=NCN(CCC(C)C)CN2)cc1. The van der Waals surface area contributed by atoms with Crippen LogP contribution in [-0.2, 0) is 14.8 Å². The number of amides is 1. The summed E-state index contributed by atoms with van der Waals surface area (Å²) in [5.74, 6) is 0.646. The number of benzene rings is 1. The number of aliphatic imine (C=N–C) groups is 1. The number of nitrogens with one attached hydrogen (secondary N) is 3. The zero-order valence-corrected chi connectivity index (χ0v) is 15.6. The van der Waals surface area contributed by atoms with Crippen LogP contribution in [0.4, 0.5) is 5.69 Å². The summed E-state index contributed by atoms with van der Waals surface area (Å²) >= 11 is 0. The fourth-order valence-corrected chi connectivity index (χ4v) is 3.23. The van der Waals surface area contributed by atoms with Crippen LogP contribution in [0, 0.1) is 5.92 Å². The van der Waals surface area contributed by atoms with E-state index in [0.29, 0.717) is 24.9 Å². The second kappa shape index (κ2) is 8.30. The third-order valence-corrected chi connectivity index (χ3v) is 4.99. The molecule has 0 saturated carbocycles. The van der Waals surface area contributed by atoms with E-state index < -0.39 is 10.0 Å². The van der Waals surface area contributed by atoms with E-state index in [-0.39, 0.29) is 16.8 Å². The summed E-state index contributed by atoms with van der Waals surface area (Å²) in [7, 11) is -3.72. The van der Waals surface area contributed by atoms with E-state index in [0.717, 1.165) is 13.0 Å². The number of carbonyl (C=O) groups is 1. The molecule has 0 aliphatic carbocycles. The Morgan fingerprint density at radius 3 is 2.52 bits per heavy atom. The first kappa shape index (κ1) is 19.2. The van der Waals surface area contributed by atoms with Gasteiger partial charge in [0.2, 0.25) is 11.9 Å². The van der Waals surface area contributed by atoms with Crippen molar-refractivity contribution in [2.24, 2.45) is 10.9 Å². The average Bonchev–Trinajstić information content (AvgIpc) is 2.54. The lowest BCUT2D eigenvalue weighted by Crippen LogP contribution is -2.50. The maximum absolute atomic E-state index is 12.4. The highest BCUT2D eigenvalue weighted by atomic mass is 32.2. The lowest BCUT2D eigenvalue weighted by molar-refractivity contribution is -0.114. The third-order valence-electron chi connectivity index (χ3n) is 3.64. The summed E-state index contributed by atoms with van der Waals surface area (Å²) in [6.07, 6.45) is 1.07. The number of hydrogen-bond acceptors (Lipinski definition) is 6. The summed E-state index contributed by atoms with van der Waals surface area (Å²) in [5, 5.41) is 5.58. The monoisotopic (exact) mass is 367 g/mol. The molecule has 0 atom stereocenters. The Bertz CT molecular complexity index is 729. The number of nitrogens with zero attached hydrogens (tertiary/aromatic N) is 2. The standard InChI is InChI=1S/C16H25N5O3S/c1-12(2)8-9-21-10-17-16(18-11-21)20-25(23,24)15-6-4-14(5-7-15)19-13(3)22/h4-7,12H,8-11H2,1-3H3,(H,19,22)(H2,17,18,20). The molecule has 25 heavy (non-hydrogen) atoms. The molecule has 1 aliphatic heterocycles. The zero-order valence-electron chi connectivity index (χ0n) is 14.7. The van der Waals surface area contributed by atoms with Crippen molar-refractivity contribution in [3.63, 3.8) is 0 Å². The highest BCUT2D eigenvalue weighted by molar-refractivity contribution is 7.90. The van der Waals surface area contributed by atoms with Gasteiger partial charge in [-0.15, -0.1) is 0 Å². The van der Waals surface area contributed by atoms with E-state index in [1.165, 1.54) is 19.1 Å². The van der Waals surface area contributed by atoms with Gasteiger partial charge in [-0.1, -0.05) is 13.8 Å². The molecule has 9 heteroatoms. The molecule has 0 saturated heterocycles. The molecule has 1 heterocycles. The first-order valence-corrected chi connectivity index (χ1v) is 9.66. The summed E-state index contributed by atoms with van der Waals surface area (Å²) in [5.41, 5.74) is 0.542. The van der Waals surface area contributed by atoms with Crippen molar-refractivity contribution < 1.29 is 13.2 Å². The van der Waals surface area contributed by atoms with Crippen molar-refractivity contribution in [1.82, 2.24) is 14.9 Å². The molecule has 1 aromatic rings. The number of rotatable bonds is 6. The van der Waals surface area contributed by atoms with Gasteiger partial charge in [0.15, 0.2) is 0 Å². The normalized spacial score (nSPS) is 15.4. The summed E-state index contributed by atoms with van der Waals surface area (Å²) in [6, 6.07) is 5.96. The van der Waals surface area contributed by atoms with E-state index in [9.17, 15) is 13.2 Å². The van der Waals surface area contributed by atoms with Crippen LogP contribution in [0.1, 0.15) is 27.2 Å². The molecule has 3 N–H and O–H groups in total. The largest absolute Gasteiger partial charge is 0.343 e. The lowest BCUT2D eigenvalue weighted by atomic mass is 10.1. The molecular formula is C16H25N5O3S. The first-order chi connectivity index (χ1) is 11.8. The highest BCUT2D eigenvalue weighted by Gasteiger charge is 2.19. The van der Waals surface area contributed by atoms with E-state index in [1.54, 1.807) is 12.1 Å². The molecule has 1 aromatic carbocycles. The van der Waals surface area contributed by atoms with E-state index in [4.69, 9.17) is 0 Å². The van der Waals surface area contributed by atoms with Gasteiger partial charge in [-0.25, -0.2) is 18.1 Å². The predicted molar refractivity (Wildman–Crippen MR) is 97.5 cm³/mol. The number of anilines is 1. The van der Waals surface area contributed by atoms with E-state index in [1.807, 2.05) is 0 Å². The van der Waals surface area contributed by atoms with Crippen LogP contribution >= 0.6 is 0 Å². The lowest BCUT2D eigenvalue weighted by Gasteiger charge is -2.27. The summed E-state index contributed by atoms with van der Waals surface area (Å²) in [4.78, 5) is 17.5. The van der Waals surface area contributed by atoms with Crippen molar-refractivity contribution in [2.75, 3.05) is 25.2 Å². The Hall–Kier alpha value is -2.13. The molecular weight excluding hydrogens is 342 g/mol. The molecule has 0 spiro atoms. The molecule has 2 rings (SSSR count). The van der Waals surface area contributed by atoms with Gasteiger partial charge in [0.05, 0.1) is 18.2 Å². The molecule has 1 aliphatic rings. The molecule has 0 aromatic heterocycles. The van der Waals surface area contributed by atoms with Crippen molar-refractivity contribution in [3.8, 4) is 0 Å². The van der Waals surface area contributed by atoms with Crippen molar-refractivity contribution in [2.45, 2.75) is 32.1 Å². The zero-order chi connectivity index (χ0) is 18.4. The second-order valence-corrected chi connectivity index (χ2v) is 8.05. The van der Waals surface area contributed by atoms with Crippen LogP contribution in [0.3, 0.4) is 0 Å². The van der Waals surface area contributed by atoms with Gasteiger partial charge in [-0.2, -0.15) is 0 Å². The second-order valence-electron chi connectivity index (χ2n) is 6.37. The highest BCUT2D eigenvalue weighted by Crippen LogP contribution is 2.14. The fourth-order valence-electron chi connectivity index (χ4n) is 2.23. The van der Waals surface area contributed by atoms with Crippen LogP contribution in [-0.4, -0.2) is 45.1 Å². The van der Waals surface area contributed by atoms with Gasteiger partial charge in [0.25, 0.3) is 10.0 Å². The van der Waals surface area contributed by atoms with E-state index >= 15 is 0 Å². The molecule has 138 valence electrons.